The highest BCUT2D eigenvalue weighted by atomic mass is 16.3. The molecule has 8 rings (SSSR count). The fourth-order valence-corrected chi connectivity index (χ4v) is 7.84. The largest absolute Gasteiger partial charge is 0.380 e. The van der Waals surface area contributed by atoms with Crippen molar-refractivity contribution in [2.24, 2.45) is 0 Å². The van der Waals surface area contributed by atoms with Gasteiger partial charge in [-0.25, -0.2) is 0 Å². The summed E-state index contributed by atoms with van der Waals surface area (Å²) in [6, 6.07) is 74.6. The third-order valence-electron chi connectivity index (χ3n) is 10.9. The molecule has 4 nitrogen and oxygen atoms in total. The second-order valence-corrected chi connectivity index (χ2v) is 14.8. The van der Waals surface area contributed by atoms with Crippen molar-refractivity contribution in [3.8, 4) is 0 Å². The standard InChI is InChI=1S/2C28H24O2/c2*29-27(23-16-8-3-9-17-23)28(30)25-19-11-10-18-24(25)26(22-14-6-2-7-15-22)20-21-12-4-1-5-13-21/h2*1-19,26,28,30H,20H2. The molecule has 4 heteroatoms. The van der Waals surface area contributed by atoms with Crippen LogP contribution < -0.4 is 0 Å². The molecule has 60 heavy (non-hydrogen) atoms. The Hall–Kier alpha value is -6.98. The molecule has 4 atom stereocenters. The van der Waals surface area contributed by atoms with Crippen LogP contribution in [0.4, 0.5) is 0 Å². The molecule has 4 unspecified atom stereocenters. The Morgan fingerprint density at radius 1 is 0.317 bits per heavy atom. The van der Waals surface area contributed by atoms with Crippen LogP contribution in [0.2, 0.25) is 0 Å². The molecule has 0 saturated heterocycles. The predicted molar refractivity (Wildman–Crippen MR) is 241 cm³/mol. The Kier molecular flexibility index (Phi) is 14.2. The first kappa shape index (κ1) is 41.2. The van der Waals surface area contributed by atoms with Gasteiger partial charge in [0.25, 0.3) is 0 Å². The van der Waals surface area contributed by atoms with Crippen LogP contribution in [0, 0.1) is 0 Å². The number of carbonyl (C=O) groups is 2. The first-order valence-electron chi connectivity index (χ1n) is 20.4. The van der Waals surface area contributed by atoms with Crippen molar-refractivity contribution in [1.29, 1.82) is 0 Å². The molecule has 0 saturated carbocycles. The van der Waals surface area contributed by atoms with E-state index >= 15 is 0 Å². The lowest BCUT2D eigenvalue weighted by atomic mass is 9.81. The molecule has 0 aliphatic rings. The summed E-state index contributed by atoms with van der Waals surface area (Å²) in [6.07, 6.45) is -0.835. The molecule has 0 spiro atoms. The molecule has 8 aromatic rings. The Morgan fingerprint density at radius 2 is 0.567 bits per heavy atom. The Morgan fingerprint density at radius 3 is 0.883 bits per heavy atom. The summed E-state index contributed by atoms with van der Waals surface area (Å²) in [5.41, 5.74) is 9.05. The van der Waals surface area contributed by atoms with Gasteiger partial charge in [0.05, 0.1) is 0 Å². The summed E-state index contributed by atoms with van der Waals surface area (Å²) < 4.78 is 0. The zero-order valence-electron chi connectivity index (χ0n) is 33.4. The first-order chi connectivity index (χ1) is 29.5. The van der Waals surface area contributed by atoms with E-state index in [0.717, 1.165) is 35.1 Å². The lowest BCUT2D eigenvalue weighted by Gasteiger charge is -2.23. The van der Waals surface area contributed by atoms with E-state index in [4.69, 9.17) is 0 Å². The van der Waals surface area contributed by atoms with Crippen molar-refractivity contribution >= 4 is 11.6 Å². The lowest BCUT2D eigenvalue weighted by Crippen LogP contribution is -2.17. The van der Waals surface area contributed by atoms with E-state index in [2.05, 4.69) is 48.5 Å². The molecule has 2 N–H and O–H groups in total. The minimum absolute atomic E-state index is 0.0306. The number of aliphatic hydroxyl groups is 2. The number of hydrogen-bond acceptors (Lipinski definition) is 4. The van der Waals surface area contributed by atoms with Crippen LogP contribution >= 0.6 is 0 Å². The van der Waals surface area contributed by atoms with E-state index in [0.29, 0.717) is 22.3 Å². The molecule has 0 aromatic heterocycles. The van der Waals surface area contributed by atoms with Crippen LogP contribution in [0.5, 0.6) is 0 Å². The van der Waals surface area contributed by atoms with Crippen LogP contribution in [0.3, 0.4) is 0 Å². The SMILES string of the molecule is O=C(c1ccccc1)C(O)c1ccccc1C(Cc1ccccc1)c1ccccc1.O=C(c1ccccc1)C(O)c1ccccc1C(Cc1ccccc1)c1ccccc1. The number of hydrogen-bond donors (Lipinski definition) is 2. The van der Waals surface area contributed by atoms with Crippen molar-refractivity contribution in [1.82, 2.24) is 0 Å². The second kappa shape index (κ2) is 20.6. The van der Waals surface area contributed by atoms with E-state index in [9.17, 15) is 19.8 Å². The van der Waals surface area contributed by atoms with Crippen LogP contribution in [-0.2, 0) is 12.8 Å². The van der Waals surface area contributed by atoms with Gasteiger partial charge < -0.3 is 10.2 Å². The van der Waals surface area contributed by atoms with Crippen molar-refractivity contribution < 1.29 is 19.8 Å². The first-order valence-corrected chi connectivity index (χ1v) is 20.4. The van der Waals surface area contributed by atoms with Crippen LogP contribution in [0.15, 0.2) is 231 Å². The van der Waals surface area contributed by atoms with Gasteiger partial charge in [-0.2, -0.15) is 0 Å². The Balaban J connectivity index is 0.000000181. The van der Waals surface area contributed by atoms with E-state index in [1.807, 2.05) is 158 Å². The monoisotopic (exact) mass is 784 g/mol. The molecule has 0 radical (unpaired) electrons. The number of rotatable bonds is 14. The topological polar surface area (TPSA) is 74.6 Å². The summed E-state index contributed by atoms with van der Waals surface area (Å²) in [5.74, 6) is -0.504. The number of benzene rings is 8. The van der Waals surface area contributed by atoms with Crippen LogP contribution in [0.25, 0.3) is 0 Å². The van der Waals surface area contributed by atoms with E-state index < -0.39 is 12.2 Å². The third kappa shape index (κ3) is 10.4. The summed E-state index contributed by atoms with van der Waals surface area (Å²) in [7, 11) is 0. The number of ketones is 2. The minimum Gasteiger partial charge on any atom is -0.380 e. The maximum absolute atomic E-state index is 13.0. The van der Waals surface area contributed by atoms with Crippen molar-refractivity contribution in [3.05, 3.63) is 286 Å². The van der Waals surface area contributed by atoms with E-state index in [-0.39, 0.29) is 23.4 Å². The van der Waals surface area contributed by atoms with E-state index in [1.165, 1.54) is 11.1 Å². The second-order valence-electron chi connectivity index (χ2n) is 14.8. The van der Waals surface area contributed by atoms with Gasteiger partial charge in [0.2, 0.25) is 0 Å². The maximum atomic E-state index is 13.0. The summed E-state index contributed by atoms with van der Waals surface area (Å²) in [5, 5.41) is 22.1. The number of Topliss-reactive ketones (excluding diaryl/α,β-unsaturated/α-hetero) is 2. The highest BCUT2D eigenvalue weighted by Crippen LogP contribution is 2.36. The van der Waals surface area contributed by atoms with Gasteiger partial charge in [-0.3, -0.25) is 9.59 Å². The number of carbonyl (C=O) groups excluding carboxylic acids is 2. The zero-order chi connectivity index (χ0) is 41.5. The van der Waals surface area contributed by atoms with E-state index in [1.54, 1.807) is 24.3 Å². The molecular weight excluding hydrogens is 737 g/mol. The molecule has 0 aliphatic carbocycles. The molecule has 0 amide bonds. The van der Waals surface area contributed by atoms with Crippen molar-refractivity contribution in [2.45, 2.75) is 36.9 Å². The molecule has 0 fully saturated rings. The average Bonchev–Trinajstić information content (AvgIpc) is 3.33. The highest BCUT2D eigenvalue weighted by Gasteiger charge is 2.27. The van der Waals surface area contributed by atoms with Gasteiger partial charge in [0, 0.05) is 23.0 Å². The Bertz CT molecular complexity index is 2360. The van der Waals surface area contributed by atoms with Crippen LogP contribution in [-0.4, -0.2) is 21.8 Å². The van der Waals surface area contributed by atoms with Crippen LogP contribution in [0.1, 0.15) is 89.3 Å². The van der Waals surface area contributed by atoms with Gasteiger partial charge in [-0.1, -0.05) is 231 Å². The van der Waals surface area contributed by atoms with Gasteiger partial charge in [0.15, 0.2) is 11.6 Å². The molecule has 296 valence electrons. The number of aliphatic hydroxyl groups excluding tert-OH is 2. The summed E-state index contributed by atoms with van der Waals surface area (Å²) in [4.78, 5) is 25.9. The Labute approximate surface area is 353 Å². The fraction of sp³-hybridized carbons (Fsp3) is 0.107. The zero-order valence-corrected chi connectivity index (χ0v) is 33.4. The van der Waals surface area contributed by atoms with Crippen molar-refractivity contribution in [2.75, 3.05) is 0 Å². The normalized spacial score (nSPS) is 12.8. The lowest BCUT2D eigenvalue weighted by molar-refractivity contribution is 0.0741. The van der Waals surface area contributed by atoms with Gasteiger partial charge in [-0.15, -0.1) is 0 Å². The quantitative estimate of drug-likeness (QED) is 0.108. The maximum Gasteiger partial charge on any atom is 0.195 e. The fourth-order valence-electron chi connectivity index (χ4n) is 7.84. The third-order valence-corrected chi connectivity index (χ3v) is 10.9. The average molecular weight is 785 g/mol. The molecular formula is C56H48O4. The smallest absolute Gasteiger partial charge is 0.195 e. The molecule has 8 aromatic carbocycles. The highest BCUT2D eigenvalue weighted by molar-refractivity contribution is 6.00. The molecule has 0 bridgehead atoms. The van der Waals surface area contributed by atoms with Crippen molar-refractivity contribution in [3.63, 3.8) is 0 Å². The van der Waals surface area contributed by atoms with Gasteiger partial charge in [0.1, 0.15) is 12.2 Å². The van der Waals surface area contributed by atoms with Gasteiger partial charge in [-0.05, 0) is 57.3 Å². The van der Waals surface area contributed by atoms with Gasteiger partial charge >= 0.3 is 0 Å². The molecule has 0 heterocycles. The minimum atomic E-state index is -1.20. The summed E-state index contributed by atoms with van der Waals surface area (Å²) >= 11 is 0. The summed E-state index contributed by atoms with van der Waals surface area (Å²) in [6.45, 7) is 0. The predicted octanol–water partition coefficient (Wildman–Crippen LogP) is 12.0. The molecule has 0 aliphatic heterocycles.